The van der Waals surface area contributed by atoms with Crippen LogP contribution in [0.5, 0.6) is 5.75 Å². The third-order valence-electron chi connectivity index (χ3n) is 2.56. The van der Waals surface area contributed by atoms with Gasteiger partial charge in [-0.3, -0.25) is 9.59 Å². The first-order valence-corrected chi connectivity index (χ1v) is 5.62. The zero-order chi connectivity index (χ0) is 13.7. The maximum absolute atomic E-state index is 11.9. The van der Waals surface area contributed by atoms with Crippen LogP contribution >= 0.6 is 0 Å². The van der Waals surface area contributed by atoms with Crippen LogP contribution in [0.4, 0.5) is 0 Å². The van der Waals surface area contributed by atoms with E-state index in [1.807, 2.05) is 0 Å². The van der Waals surface area contributed by atoms with Crippen LogP contribution in [-0.4, -0.2) is 54.4 Å². The number of phenols is 1. The van der Waals surface area contributed by atoms with Crippen LogP contribution in [-0.2, 0) is 16.0 Å². The van der Waals surface area contributed by atoms with Crippen LogP contribution in [0.3, 0.4) is 0 Å². The molecule has 0 saturated carbocycles. The van der Waals surface area contributed by atoms with E-state index in [4.69, 9.17) is 0 Å². The average Bonchev–Trinajstić information content (AvgIpc) is 2.28. The van der Waals surface area contributed by atoms with E-state index in [9.17, 15) is 14.7 Å². The van der Waals surface area contributed by atoms with Crippen molar-refractivity contribution in [3.8, 4) is 5.75 Å². The molecule has 0 bridgehead atoms. The maximum Gasteiger partial charge on any atom is 0.241 e. The Morgan fingerprint density at radius 3 is 2.39 bits per heavy atom. The van der Waals surface area contributed by atoms with E-state index in [1.165, 1.54) is 9.80 Å². The molecule has 5 nitrogen and oxygen atoms in total. The van der Waals surface area contributed by atoms with E-state index in [0.29, 0.717) is 0 Å². The van der Waals surface area contributed by atoms with Gasteiger partial charge in [0.1, 0.15) is 5.75 Å². The van der Waals surface area contributed by atoms with Crippen molar-refractivity contribution < 1.29 is 14.7 Å². The summed E-state index contributed by atoms with van der Waals surface area (Å²) in [6.45, 7) is 0.0602. The highest BCUT2D eigenvalue weighted by Crippen LogP contribution is 2.11. The van der Waals surface area contributed by atoms with Crippen LogP contribution in [0.15, 0.2) is 24.3 Å². The second kappa shape index (κ2) is 6.05. The van der Waals surface area contributed by atoms with Gasteiger partial charge in [0, 0.05) is 21.1 Å². The van der Waals surface area contributed by atoms with Gasteiger partial charge in [0.2, 0.25) is 11.8 Å². The second-order valence-electron chi connectivity index (χ2n) is 4.38. The molecule has 0 aliphatic rings. The van der Waals surface area contributed by atoms with Crippen molar-refractivity contribution in [3.63, 3.8) is 0 Å². The van der Waals surface area contributed by atoms with Crippen molar-refractivity contribution in [2.45, 2.75) is 6.42 Å². The summed E-state index contributed by atoms with van der Waals surface area (Å²) in [5.41, 5.74) is 0.726. The zero-order valence-corrected chi connectivity index (χ0v) is 10.9. The summed E-state index contributed by atoms with van der Waals surface area (Å²) in [5.74, 6) is -0.148. The summed E-state index contributed by atoms with van der Waals surface area (Å²) in [4.78, 5) is 26.1. The van der Waals surface area contributed by atoms with Crippen molar-refractivity contribution in [2.24, 2.45) is 0 Å². The van der Waals surface area contributed by atoms with Gasteiger partial charge >= 0.3 is 0 Å². The molecule has 0 radical (unpaired) electrons. The molecule has 0 unspecified atom stereocenters. The van der Waals surface area contributed by atoms with E-state index >= 15 is 0 Å². The predicted octanol–water partition coefficient (Wildman–Crippen LogP) is 0.481. The summed E-state index contributed by atoms with van der Waals surface area (Å²) >= 11 is 0. The molecule has 1 N–H and O–H groups in total. The summed E-state index contributed by atoms with van der Waals surface area (Å²) in [7, 11) is 4.89. The Morgan fingerprint density at radius 2 is 1.83 bits per heavy atom. The standard InChI is InChI=1S/C13H18N2O3/c1-14(2)13(18)9-15(3)12(17)8-10-5-4-6-11(16)7-10/h4-7,16H,8-9H2,1-3H3. The molecule has 0 aliphatic heterocycles. The first-order chi connectivity index (χ1) is 8.40. The predicted molar refractivity (Wildman–Crippen MR) is 68.1 cm³/mol. The van der Waals surface area contributed by atoms with Crippen molar-refractivity contribution in [1.29, 1.82) is 0 Å². The molecule has 0 atom stereocenters. The topological polar surface area (TPSA) is 60.9 Å². The molecule has 0 spiro atoms. The highest BCUT2D eigenvalue weighted by atomic mass is 16.3. The van der Waals surface area contributed by atoms with Crippen molar-refractivity contribution in [3.05, 3.63) is 29.8 Å². The molecule has 1 rings (SSSR count). The first-order valence-electron chi connectivity index (χ1n) is 5.62. The van der Waals surface area contributed by atoms with E-state index in [-0.39, 0.29) is 30.5 Å². The third-order valence-corrected chi connectivity index (χ3v) is 2.56. The lowest BCUT2D eigenvalue weighted by Gasteiger charge is -2.19. The highest BCUT2D eigenvalue weighted by Gasteiger charge is 2.14. The molecule has 98 valence electrons. The Kier molecular flexibility index (Phi) is 4.71. The molecule has 1 aromatic carbocycles. The Bertz CT molecular complexity index is 444. The van der Waals surface area contributed by atoms with Crippen LogP contribution in [0.25, 0.3) is 0 Å². The molecule has 18 heavy (non-hydrogen) atoms. The monoisotopic (exact) mass is 250 g/mol. The smallest absolute Gasteiger partial charge is 0.241 e. The van der Waals surface area contributed by atoms with Gasteiger partial charge in [-0.15, -0.1) is 0 Å². The summed E-state index contributed by atoms with van der Waals surface area (Å²) in [6.07, 6.45) is 0.172. The lowest BCUT2D eigenvalue weighted by Crippen LogP contribution is -2.38. The zero-order valence-electron chi connectivity index (χ0n) is 10.9. The number of nitrogens with zero attached hydrogens (tertiary/aromatic N) is 2. The average molecular weight is 250 g/mol. The van der Waals surface area contributed by atoms with E-state index in [2.05, 4.69) is 0 Å². The Hall–Kier alpha value is -2.04. The number of aromatic hydroxyl groups is 1. The number of hydrogen-bond donors (Lipinski definition) is 1. The number of carbonyl (C=O) groups is 2. The quantitative estimate of drug-likeness (QED) is 0.845. The molecular weight excluding hydrogens is 232 g/mol. The van der Waals surface area contributed by atoms with Crippen molar-refractivity contribution in [2.75, 3.05) is 27.7 Å². The molecule has 0 saturated heterocycles. The molecule has 0 aliphatic carbocycles. The highest BCUT2D eigenvalue weighted by molar-refractivity contribution is 5.85. The summed E-state index contributed by atoms with van der Waals surface area (Å²) in [5, 5.41) is 9.30. The number of hydrogen-bond acceptors (Lipinski definition) is 3. The summed E-state index contributed by atoms with van der Waals surface area (Å²) in [6, 6.07) is 6.54. The number of amides is 2. The minimum atomic E-state index is -0.157. The van der Waals surface area contributed by atoms with Gasteiger partial charge in [0.15, 0.2) is 0 Å². The molecular formula is C13H18N2O3. The molecule has 5 heteroatoms. The van der Waals surface area contributed by atoms with Crippen molar-refractivity contribution >= 4 is 11.8 Å². The fourth-order valence-corrected chi connectivity index (χ4v) is 1.41. The second-order valence-corrected chi connectivity index (χ2v) is 4.38. The minimum Gasteiger partial charge on any atom is -0.508 e. The molecule has 1 aromatic rings. The normalized spacial score (nSPS) is 9.94. The van der Waals surface area contributed by atoms with Crippen LogP contribution in [0.2, 0.25) is 0 Å². The molecule has 0 aromatic heterocycles. The number of likely N-dealkylation sites (N-methyl/N-ethyl adjacent to an activating group) is 2. The number of carbonyl (C=O) groups excluding carboxylic acids is 2. The van der Waals surface area contributed by atoms with Crippen LogP contribution in [0, 0.1) is 0 Å². The van der Waals surface area contributed by atoms with E-state index in [0.717, 1.165) is 5.56 Å². The minimum absolute atomic E-state index is 0.0602. The Morgan fingerprint density at radius 1 is 1.17 bits per heavy atom. The van der Waals surface area contributed by atoms with Gasteiger partial charge in [-0.1, -0.05) is 12.1 Å². The van der Waals surface area contributed by atoms with Gasteiger partial charge in [-0.05, 0) is 17.7 Å². The third kappa shape index (κ3) is 4.08. The largest absolute Gasteiger partial charge is 0.508 e. The van der Waals surface area contributed by atoms with Crippen molar-refractivity contribution in [1.82, 2.24) is 9.80 Å². The van der Waals surface area contributed by atoms with Gasteiger partial charge in [0.05, 0.1) is 13.0 Å². The fourth-order valence-electron chi connectivity index (χ4n) is 1.41. The lowest BCUT2D eigenvalue weighted by molar-refractivity contribution is -0.137. The maximum atomic E-state index is 11.9. The van der Waals surface area contributed by atoms with Gasteiger partial charge < -0.3 is 14.9 Å². The molecule has 2 amide bonds. The van der Waals surface area contributed by atoms with Gasteiger partial charge in [0.25, 0.3) is 0 Å². The number of benzene rings is 1. The Labute approximate surface area is 107 Å². The van der Waals surface area contributed by atoms with E-state index in [1.54, 1.807) is 45.4 Å². The van der Waals surface area contributed by atoms with Crippen LogP contribution < -0.4 is 0 Å². The molecule has 0 fully saturated rings. The number of phenolic OH excluding ortho intramolecular Hbond substituents is 1. The van der Waals surface area contributed by atoms with Crippen LogP contribution in [0.1, 0.15) is 5.56 Å². The fraction of sp³-hybridized carbons (Fsp3) is 0.385. The number of rotatable bonds is 4. The lowest BCUT2D eigenvalue weighted by atomic mass is 10.1. The SMILES string of the molecule is CN(C)C(=O)CN(C)C(=O)Cc1cccc(O)c1. The summed E-state index contributed by atoms with van der Waals surface area (Å²) < 4.78 is 0. The van der Waals surface area contributed by atoms with Gasteiger partial charge in [-0.25, -0.2) is 0 Å². The van der Waals surface area contributed by atoms with E-state index < -0.39 is 0 Å². The van der Waals surface area contributed by atoms with Gasteiger partial charge in [-0.2, -0.15) is 0 Å². The first kappa shape index (κ1) is 14.0. The molecule has 0 heterocycles. The Balaban J connectivity index is 2.57.